The molecule has 45 heavy (non-hydrogen) atoms. The zero-order valence-electron chi connectivity index (χ0n) is 26.9. The second-order valence-corrected chi connectivity index (χ2v) is 11.9. The highest BCUT2D eigenvalue weighted by Crippen LogP contribution is 2.43. The van der Waals surface area contributed by atoms with Gasteiger partial charge in [0.1, 0.15) is 13.3 Å². The number of ether oxygens (including phenoxy) is 5. The monoisotopic (exact) mass is 653 g/mol. The first-order valence-corrected chi connectivity index (χ1v) is 15.3. The first-order chi connectivity index (χ1) is 21.2. The van der Waals surface area contributed by atoms with E-state index in [1.54, 1.807) is 0 Å². The van der Waals surface area contributed by atoms with Gasteiger partial charge in [-0.15, -0.1) is 0 Å². The summed E-state index contributed by atoms with van der Waals surface area (Å²) in [6.45, 7) is 8.96. The summed E-state index contributed by atoms with van der Waals surface area (Å²) in [5, 5.41) is 7.93. The van der Waals surface area contributed by atoms with Gasteiger partial charge < -0.3 is 39.6 Å². The van der Waals surface area contributed by atoms with Crippen molar-refractivity contribution < 1.29 is 56.0 Å². The Labute approximate surface area is 263 Å². The maximum Gasteiger partial charge on any atom is 0.407 e. The largest absolute Gasteiger partial charge is 0.460 e. The number of carbonyl (C=O) groups is 4. The van der Waals surface area contributed by atoms with Crippen LogP contribution >= 0.6 is 0 Å². The SMILES string of the molecule is C=C(C)C(=O)OCCNC(=O)OCCCCCCCOC(=O)NCC1C(C)CC(NC(=O)OCC(F)(F)OCCF)CC1(C)C. The van der Waals surface area contributed by atoms with E-state index in [0.717, 1.165) is 19.3 Å². The highest BCUT2D eigenvalue weighted by atomic mass is 19.3. The third kappa shape index (κ3) is 17.7. The Balaban J connectivity index is 2.16. The molecule has 15 heteroatoms. The van der Waals surface area contributed by atoms with E-state index in [1.165, 1.54) is 6.92 Å². The Hall–Kier alpha value is -3.23. The van der Waals surface area contributed by atoms with Gasteiger partial charge in [0, 0.05) is 18.2 Å². The van der Waals surface area contributed by atoms with Crippen molar-refractivity contribution in [3.8, 4) is 0 Å². The summed E-state index contributed by atoms with van der Waals surface area (Å²) in [6.07, 6.45) is -0.768. The van der Waals surface area contributed by atoms with Crippen LogP contribution < -0.4 is 16.0 Å². The van der Waals surface area contributed by atoms with E-state index < -0.39 is 50.2 Å². The summed E-state index contributed by atoms with van der Waals surface area (Å²) in [6, 6.07) is -0.306. The molecule has 0 bridgehead atoms. The molecule has 1 aliphatic carbocycles. The predicted molar refractivity (Wildman–Crippen MR) is 158 cm³/mol. The van der Waals surface area contributed by atoms with Crippen LogP contribution in [0.25, 0.3) is 0 Å². The van der Waals surface area contributed by atoms with Crippen LogP contribution in [0, 0.1) is 17.3 Å². The van der Waals surface area contributed by atoms with Crippen LogP contribution in [-0.4, -0.2) is 89.2 Å². The number of alkyl halides is 3. The molecule has 0 saturated heterocycles. The second-order valence-electron chi connectivity index (χ2n) is 11.9. The average Bonchev–Trinajstić information content (AvgIpc) is 2.95. The van der Waals surface area contributed by atoms with Crippen LogP contribution in [0.15, 0.2) is 12.2 Å². The quantitative estimate of drug-likeness (QED) is 0.0693. The summed E-state index contributed by atoms with van der Waals surface area (Å²) in [4.78, 5) is 47.1. The van der Waals surface area contributed by atoms with Crippen molar-refractivity contribution in [2.45, 2.75) is 84.8 Å². The fraction of sp³-hybridized carbons (Fsp3) is 0.800. The van der Waals surface area contributed by atoms with E-state index in [4.69, 9.17) is 14.2 Å². The van der Waals surface area contributed by atoms with Crippen LogP contribution in [0.2, 0.25) is 0 Å². The van der Waals surface area contributed by atoms with Crippen molar-refractivity contribution in [3.63, 3.8) is 0 Å². The van der Waals surface area contributed by atoms with Gasteiger partial charge in [0.05, 0.1) is 26.4 Å². The number of hydrogen-bond donors (Lipinski definition) is 3. The van der Waals surface area contributed by atoms with Gasteiger partial charge in [-0.25, -0.2) is 23.6 Å². The zero-order valence-corrected chi connectivity index (χ0v) is 26.9. The highest BCUT2D eigenvalue weighted by molar-refractivity contribution is 5.86. The number of amides is 3. The average molecular weight is 654 g/mol. The van der Waals surface area contributed by atoms with Gasteiger partial charge in [-0.05, 0) is 49.9 Å². The topological polar surface area (TPSA) is 151 Å². The van der Waals surface area contributed by atoms with Crippen molar-refractivity contribution in [1.29, 1.82) is 0 Å². The molecule has 3 atom stereocenters. The minimum absolute atomic E-state index is 0.0360. The number of rotatable bonds is 20. The van der Waals surface area contributed by atoms with Crippen molar-refractivity contribution in [2.24, 2.45) is 17.3 Å². The minimum atomic E-state index is -3.77. The van der Waals surface area contributed by atoms with Crippen LogP contribution in [-0.2, 0) is 28.5 Å². The van der Waals surface area contributed by atoms with Crippen LogP contribution in [0.3, 0.4) is 0 Å². The van der Waals surface area contributed by atoms with Crippen molar-refractivity contribution in [2.75, 3.05) is 52.8 Å². The summed E-state index contributed by atoms with van der Waals surface area (Å²) < 4.78 is 62.7. The molecule has 0 aromatic rings. The summed E-state index contributed by atoms with van der Waals surface area (Å²) in [7, 11) is 0. The molecule has 1 rings (SSSR count). The molecule has 3 unspecified atom stereocenters. The number of unbranched alkanes of at least 4 members (excludes halogenated alkanes) is 4. The normalized spacial score (nSPS) is 19.1. The molecule has 0 aromatic carbocycles. The Bertz CT molecular complexity index is 953. The van der Waals surface area contributed by atoms with Gasteiger partial charge >= 0.3 is 30.4 Å². The zero-order chi connectivity index (χ0) is 33.9. The number of hydrogen-bond acceptors (Lipinski definition) is 9. The molecule has 0 spiro atoms. The fourth-order valence-electron chi connectivity index (χ4n) is 5.21. The van der Waals surface area contributed by atoms with Gasteiger partial charge in [-0.1, -0.05) is 46.6 Å². The number of nitrogens with one attached hydrogen (secondary N) is 3. The molecule has 0 aromatic heterocycles. The van der Waals surface area contributed by atoms with Gasteiger partial charge in [0.15, 0.2) is 6.61 Å². The van der Waals surface area contributed by atoms with Gasteiger partial charge in [-0.2, -0.15) is 8.78 Å². The van der Waals surface area contributed by atoms with E-state index in [2.05, 4.69) is 32.0 Å². The number of carbonyl (C=O) groups excluding carboxylic acids is 4. The number of alkyl carbamates (subject to hydrolysis) is 3. The lowest BCUT2D eigenvalue weighted by Gasteiger charge is -2.46. The molecule has 3 N–H and O–H groups in total. The van der Waals surface area contributed by atoms with Crippen LogP contribution in [0.1, 0.15) is 72.6 Å². The molecule has 0 heterocycles. The predicted octanol–water partition coefficient (Wildman–Crippen LogP) is 5.25. The molecule has 260 valence electrons. The highest BCUT2D eigenvalue weighted by Gasteiger charge is 2.42. The molecule has 1 saturated carbocycles. The summed E-state index contributed by atoms with van der Waals surface area (Å²) >= 11 is 0. The van der Waals surface area contributed by atoms with Crippen LogP contribution in [0.4, 0.5) is 27.6 Å². The van der Waals surface area contributed by atoms with Crippen molar-refractivity contribution >= 4 is 24.2 Å². The first-order valence-electron chi connectivity index (χ1n) is 15.3. The van der Waals surface area contributed by atoms with Crippen LogP contribution in [0.5, 0.6) is 0 Å². The maximum absolute atomic E-state index is 13.4. The third-order valence-corrected chi connectivity index (χ3v) is 7.38. The van der Waals surface area contributed by atoms with Crippen molar-refractivity contribution in [1.82, 2.24) is 16.0 Å². The lowest BCUT2D eigenvalue weighted by molar-refractivity contribution is -0.257. The van der Waals surface area contributed by atoms with E-state index in [1.807, 2.05) is 20.8 Å². The Morgan fingerprint density at radius 2 is 1.47 bits per heavy atom. The van der Waals surface area contributed by atoms with Gasteiger partial charge in [-0.3, -0.25) is 0 Å². The Kier molecular flexibility index (Phi) is 18.3. The Morgan fingerprint density at radius 3 is 2.04 bits per heavy atom. The lowest BCUT2D eigenvalue weighted by atomic mass is 9.62. The molecule has 12 nitrogen and oxygen atoms in total. The van der Waals surface area contributed by atoms with Gasteiger partial charge in [0.2, 0.25) is 0 Å². The molecular formula is C30H50F3N3O9. The smallest absolute Gasteiger partial charge is 0.407 e. The van der Waals surface area contributed by atoms with Gasteiger partial charge in [0.25, 0.3) is 0 Å². The van der Waals surface area contributed by atoms with Crippen molar-refractivity contribution in [3.05, 3.63) is 12.2 Å². The van der Waals surface area contributed by atoms with E-state index in [9.17, 15) is 32.3 Å². The van der Waals surface area contributed by atoms with E-state index >= 15 is 0 Å². The maximum atomic E-state index is 13.4. The lowest BCUT2D eigenvalue weighted by Crippen LogP contribution is -2.51. The Morgan fingerprint density at radius 1 is 0.867 bits per heavy atom. The second kappa shape index (κ2) is 20.7. The van der Waals surface area contributed by atoms with E-state index in [-0.39, 0.29) is 55.2 Å². The fourth-order valence-corrected chi connectivity index (χ4v) is 5.21. The molecule has 1 fully saturated rings. The molecule has 0 radical (unpaired) electrons. The summed E-state index contributed by atoms with van der Waals surface area (Å²) in [5.41, 5.74) is -0.00456. The first kappa shape index (κ1) is 39.8. The standard InChI is InChI=1S/C30H50F3N3O9/c1-21(2)25(37)41-16-12-34-26(38)42-13-9-7-6-8-10-14-43-27(39)35-19-24-22(3)17-23(18-29(24,4)5)36-28(40)44-20-30(32,33)45-15-11-31/h22-24H,1,6-20H2,2-5H3,(H,34,38)(H,35,39)(H,36,40). The summed E-state index contributed by atoms with van der Waals surface area (Å²) in [5.74, 6) is -0.337. The molecule has 3 amide bonds. The third-order valence-electron chi connectivity index (χ3n) is 7.38. The number of esters is 1. The molecule has 1 aliphatic rings. The van der Waals surface area contributed by atoms with E-state index in [0.29, 0.717) is 32.2 Å². The molecule has 0 aliphatic heterocycles. The number of halogens is 3. The minimum Gasteiger partial charge on any atom is -0.460 e. The molecular weight excluding hydrogens is 603 g/mol.